The molecule has 1 aliphatic rings. The summed E-state index contributed by atoms with van der Waals surface area (Å²) in [7, 11) is 0. The molecule has 0 radical (unpaired) electrons. The number of amides is 1. The van der Waals surface area contributed by atoms with E-state index in [2.05, 4.69) is 20.6 Å². The van der Waals surface area contributed by atoms with Crippen molar-refractivity contribution >= 4 is 5.91 Å². The van der Waals surface area contributed by atoms with Crippen LogP contribution in [0.1, 0.15) is 25.0 Å². The zero-order chi connectivity index (χ0) is 21.5. The molecule has 8 nitrogen and oxygen atoms in total. The molecule has 0 bridgehead atoms. The number of nitrogens with one attached hydrogen (secondary N) is 1. The van der Waals surface area contributed by atoms with Crippen molar-refractivity contribution in [1.29, 1.82) is 0 Å². The number of aliphatic hydroxyl groups excluding tert-OH is 1. The molecule has 31 heavy (non-hydrogen) atoms. The van der Waals surface area contributed by atoms with Gasteiger partial charge in [-0.25, -0.2) is 0 Å². The number of hydrogen-bond acceptors (Lipinski definition) is 6. The van der Waals surface area contributed by atoms with Crippen molar-refractivity contribution in [1.82, 2.24) is 25.3 Å². The van der Waals surface area contributed by atoms with Crippen LogP contribution < -0.4 is 5.32 Å². The number of rotatable bonds is 8. The van der Waals surface area contributed by atoms with E-state index in [0.717, 1.165) is 36.2 Å². The summed E-state index contributed by atoms with van der Waals surface area (Å²) in [6, 6.07) is 15.2. The summed E-state index contributed by atoms with van der Waals surface area (Å²) in [6.45, 7) is 0.547. The average molecular weight is 422 g/mol. The molecule has 1 fully saturated rings. The molecule has 0 saturated carbocycles. The maximum absolute atomic E-state index is 12.3. The maximum atomic E-state index is 12.3. The Morgan fingerprint density at radius 1 is 1.16 bits per heavy atom. The number of pyridine rings is 1. The second kappa shape index (κ2) is 10.3. The molecule has 0 spiro atoms. The minimum absolute atomic E-state index is 0.00506. The van der Waals surface area contributed by atoms with Crippen LogP contribution in [0.5, 0.6) is 0 Å². The van der Waals surface area contributed by atoms with Crippen LogP contribution in [0.25, 0.3) is 11.3 Å². The summed E-state index contributed by atoms with van der Waals surface area (Å²) >= 11 is 0. The summed E-state index contributed by atoms with van der Waals surface area (Å²) in [5.41, 5.74) is 2.60. The summed E-state index contributed by atoms with van der Waals surface area (Å²) in [6.07, 6.45) is 5.75. The molecule has 1 saturated heterocycles. The lowest BCUT2D eigenvalue weighted by atomic mass is 9.97. The Bertz CT molecular complexity index is 964. The largest absolute Gasteiger partial charge is 0.394 e. The SMILES string of the molecule is O=C(Cc1ccccn1)N[C@H]1CC[C@H](CCn2cc(-c3ccccc3)nn2)O[C@@H]1CO. The first kappa shape index (κ1) is 21.1. The number of aryl methyl sites for hydroxylation is 1. The van der Waals surface area contributed by atoms with Crippen LogP contribution in [0, 0.1) is 0 Å². The first-order valence-electron chi connectivity index (χ1n) is 10.6. The highest BCUT2D eigenvalue weighted by molar-refractivity contribution is 5.78. The number of aliphatic hydroxyl groups is 1. The van der Waals surface area contributed by atoms with E-state index in [9.17, 15) is 9.90 Å². The molecule has 1 aromatic carbocycles. The molecule has 1 aliphatic heterocycles. The standard InChI is InChI=1S/C23H27N5O3/c29-16-22-20(25-23(30)14-18-8-4-5-12-24-18)10-9-19(31-22)11-13-28-15-21(26-27-28)17-6-2-1-3-7-17/h1-8,12,15,19-20,22,29H,9-11,13-14,16H2,(H,25,30)/t19-,20+,22-/m1/s1. The van der Waals surface area contributed by atoms with Crippen molar-refractivity contribution < 1.29 is 14.6 Å². The van der Waals surface area contributed by atoms with E-state index in [0.29, 0.717) is 6.54 Å². The van der Waals surface area contributed by atoms with Crippen molar-refractivity contribution in [3.05, 3.63) is 66.6 Å². The lowest BCUT2D eigenvalue weighted by molar-refractivity contribution is -0.128. The molecule has 3 atom stereocenters. The van der Waals surface area contributed by atoms with E-state index >= 15 is 0 Å². The van der Waals surface area contributed by atoms with Gasteiger partial charge in [-0.15, -0.1) is 5.10 Å². The van der Waals surface area contributed by atoms with Gasteiger partial charge in [-0.3, -0.25) is 14.5 Å². The number of hydrogen-bond donors (Lipinski definition) is 2. The molecule has 0 unspecified atom stereocenters. The quantitative estimate of drug-likeness (QED) is 0.577. The lowest BCUT2D eigenvalue weighted by Gasteiger charge is -2.36. The minimum atomic E-state index is -0.415. The van der Waals surface area contributed by atoms with Gasteiger partial charge in [0, 0.05) is 24.0 Å². The van der Waals surface area contributed by atoms with Crippen molar-refractivity contribution in [3.8, 4) is 11.3 Å². The van der Waals surface area contributed by atoms with Gasteiger partial charge in [-0.05, 0) is 31.4 Å². The van der Waals surface area contributed by atoms with Crippen LogP contribution in [0.4, 0.5) is 0 Å². The molecule has 4 rings (SSSR count). The zero-order valence-electron chi connectivity index (χ0n) is 17.3. The molecule has 2 N–H and O–H groups in total. The van der Waals surface area contributed by atoms with Gasteiger partial charge in [0.2, 0.25) is 5.91 Å². The zero-order valence-corrected chi connectivity index (χ0v) is 17.3. The smallest absolute Gasteiger partial charge is 0.226 e. The van der Waals surface area contributed by atoms with Gasteiger partial charge in [0.15, 0.2) is 0 Å². The van der Waals surface area contributed by atoms with Gasteiger partial charge in [-0.1, -0.05) is 41.6 Å². The van der Waals surface area contributed by atoms with E-state index < -0.39 is 6.10 Å². The number of ether oxygens (including phenoxy) is 1. The van der Waals surface area contributed by atoms with Crippen molar-refractivity contribution in [2.45, 2.75) is 50.5 Å². The maximum Gasteiger partial charge on any atom is 0.226 e. The number of aromatic nitrogens is 4. The predicted octanol–water partition coefficient (Wildman–Crippen LogP) is 2.00. The molecule has 0 aliphatic carbocycles. The molecular weight excluding hydrogens is 394 g/mol. The minimum Gasteiger partial charge on any atom is -0.394 e. The van der Waals surface area contributed by atoms with Gasteiger partial charge >= 0.3 is 0 Å². The average Bonchev–Trinajstić information content (AvgIpc) is 3.29. The van der Waals surface area contributed by atoms with Crippen LogP contribution >= 0.6 is 0 Å². The Morgan fingerprint density at radius 3 is 2.77 bits per heavy atom. The molecule has 162 valence electrons. The third-order valence-corrected chi connectivity index (χ3v) is 5.50. The van der Waals surface area contributed by atoms with Crippen molar-refractivity contribution in [3.63, 3.8) is 0 Å². The highest BCUT2D eigenvalue weighted by atomic mass is 16.5. The Labute approximate surface area is 181 Å². The fourth-order valence-corrected chi connectivity index (χ4v) is 3.86. The summed E-state index contributed by atoms with van der Waals surface area (Å²) in [5.74, 6) is -0.111. The Kier molecular flexibility index (Phi) is 7.01. The second-order valence-corrected chi connectivity index (χ2v) is 7.75. The molecule has 3 heterocycles. The number of carbonyl (C=O) groups excluding carboxylic acids is 1. The van der Waals surface area contributed by atoms with Gasteiger partial charge in [-0.2, -0.15) is 0 Å². The van der Waals surface area contributed by atoms with Crippen LogP contribution in [0.2, 0.25) is 0 Å². The number of benzene rings is 1. The monoisotopic (exact) mass is 421 g/mol. The van der Waals surface area contributed by atoms with Crippen molar-refractivity contribution in [2.75, 3.05) is 6.61 Å². The molecule has 2 aromatic heterocycles. The fraction of sp³-hybridized carbons (Fsp3) is 0.391. The van der Waals surface area contributed by atoms with E-state index in [-0.39, 0.29) is 31.1 Å². The molecular formula is C23H27N5O3. The van der Waals surface area contributed by atoms with Gasteiger partial charge < -0.3 is 15.2 Å². The Morgan fingerprint density at radius 2 is 2.00 bits per heavy atom. The van der Waals surface area contributed by atoms with Gasteiger partial charge in [0.05, 0.1) is 31.4 Å². The topological polar surface area (TPSA) is 102 Å². The third kappa shape index (κ3) is 5.74. The summed E-state index contributed by atoms with van der Waals surface area (Å²) in [4.78, 5) is 16.5. The highest BCUT2D eigenvalue weighted by Gasteiger charge is 2.31. The lowest BCUT2D eigenvalue weighted by Crippen LogP contribution is -2.51. The van der Waals surface area contributed by atoms with Crippen LogP contribution in [0.15, 0.2) is 60.9 Å². The molecule has 8 heteroatoms. The fourth-order valence-electron chi connectivity index (χ4n) is 3.86. The summed E-state index contributed by atoms with van der Waals surface area (Å²) < 4.78 is 7.89. The van der Waals surface area contributed by atoms with Gasteiger partial charge in [0.1, 0.15) is 11.8 Å². The van der Waals surface area contributed by atoms with Crippen LogP contribution in [-0.2, 0) is 22.5 Å². The van der Waals surface area contributed by atoms with E-state index in [1.165, 1.54) is 0 Å². The van der Waals surface area contributed by atoms with Crippen molar-refractivity contribution in [2.24, 2.45) is 0 Å². The second-order valence-electron chi connectivity index (χ2n) is 7.75. The molecule has 1 amide bonds. The summed E-state index contributed by atoms with van der Waals surface area (Å²) in [5, 5.41) is 21.2. The number of carbonyl (C=O) groups is 1. The van der Waals surface area contributed by atoms with E-state index in [4.69, 9.17) is 4.74 Å². The Balaban J connectivity index is 1.26. The van der Waals surface area contributed by atoms with Crippen LogP contribution in [-0.4, -0.2) is 55.8 Å². The Hall–Kier alpha value is -3.10. The number of nitrogens with zero attached hydrogens (tertiary/aromatic N) is 4. The van der Waals surface area contributed by atoms with E-state index in [1.807, 2.05) is 59.4 Å². The van der Waals surface area contributed by atoms with Gasteiger partial charge in [0.25, 0.3) is 0 Å². The predicted molar refractivity (Wildman–Crippen MR) is 115 cm³/mol. The first-order chi connectivity index (χ1) is 15.2. The highest BCUT2D eigenvalue weighted by Crippen LogP contribution is 2.23. The first-order valence-corrected chi connectivity index (χ1v) is 10.6. The molecule has 3 aromatic rings. The van der Waals surface area contributed by atoms with E-state index in [1.54, 1.807) is 6.20 Å². The van der Waals surface area contributed by atoms with Crippen LogP contribution in [0.3, 0.4) is 0 Å². The normalized spacial score (nSPS) is 21.0. The third-order valence-electron chi connectivity index (χ3n) is 5.50.